The molecule has 0 spiro atoms. The molecule has 2 heterocycles. The second-order valence-corrected chi connectivity index (χ2v) is 7.72. The molecule has 25 heavy (non-hydrogen) atoms. The summed E-state index contributed by atoms with van der Waals surface area (Å²) in [6.45, 7) is 3.88. The number of para-hydroxylation sites is 1. The zero-order valence-electron chi connectivity index (χ0n) is 13.9. The number of benzene rings is 1. The van der Waals surface area contributed by atoms with Crippen molar-refractivity contribution in [3.8, 4) is 5.69 Å². The highest BCUT2D eigenvalue weighted by atomic mass is 35.5. The van der Waals surface area contributed by atoms with Gasteiger partial charge in [0.1, 0.15) is 16.4 Å². The summed E-state index contributed by atoms with van der Waals surface area (Å²) in [6.07, 6.45) is 4.18. The van der Waals surface area contributed by atoms with Gasteiger partial charge in [-0.1, -0.05) is 19.1 Å². The van der Waals surface area contributed by atoms with Gasteiger partial charge in [-0.15, -0.1) is 12.4 Å². The van der Waals surface area contributed by atoms with Crippen LogP contribution >= 0.6 is 12.4 Å². The number of hydrogen-bond donors (Lipinski definition) is 1. The van der Waals surface area contributed by atoms with Crippen LogP contribution in [-0.4, -0.2) is 48.2 Å². The lowest BCUT2D eigenvalue weighted by Crippen LogP contribution is -2.41. The third-order valence-corrected chi connectivity index (χ3v) is 6.06. The van der Waals surface area contributed by atoms with Gasteiger partial charge in [0, 0.05) is 19.1 Å². The van der Waals surface area contributed by atoms with E-state index in [-0.39, 0.29) is 29.0 Å². The van der Waals surface area contributed by atoms with Gasteiger partial charge in [0.2, 0.25) is 10.0 Å². The predicted molar refractivity (Wildman–Crippen MR) is 96.2 cm³/mol. The monoisotopic (exact) mass is 388 g/mol. The summed E-state index contributed by atoms with van der Waals surface area (Å²) in [6, 6.07) is 6.09. The van der Waals surface area contributed by atoms with E-state index in [1.165, 1.54) is 27.4 Å². The van der Waals surface area contributed by atoms with Crippen LogP contribution in [0.15, 0.2) is 41.6 Å². The van der Waals surface area contributed by atoms with Crippen LogP contribution in [0, 0.1) is 5.82 Å². The van der Waals surface area contributed by atoms with E-state index < -0.39 is 15.8 Å². The molecule has 0 amide bonds. The van der Waals surface area contributed by atoms with Gasteiger partial charge >= 0.3 is 0 Å². The average molecular weight is 389 g/mol. The molecule has 3 rings (SSSR count). The summed E-state index contributed by atoms with van der Waals surface area (Å²) in [4.78, 5) is 0.0890. The highest BCUT2D eigenvalue weighted by Gasteiger charge is 2.33. The fourth-order valence-corrected chi connectivity index (χ4v) is 4.63. The fraction of sp³-hybridized carbons (Fsp3) is 0.438. The number of halogens is 2. The van der Waals surface area contributed by atoms with Gasteiger partial charge in [-0.25, -0.2) is 17.5 Å². The zero-order chi connectivity index (χ0) is 17.2. The molecule has 0 saturated carbocycles. The Morgan fingerprint density at radius 3 is 2.80 bits per heavy atom. The first-order valence-electron chi connectivity index (χ1n) is 8.06. The third-order valence-electron chi connectivity index (χ3n) is 4.15. The van der Waals surface area contributed by atoms with Crippen molar-refractivity contribution in [3.63, 3.8) is 0 Å². The van der Waals surface area contributed by atoms with E-state index in [1.807, 2.05) is 6.92 Å². The molecule has 138 valence electrons. The molecule has 1 aromatic heterocycles. The second kappa shape index (κ2) is 8.27. The minimum Gasteiger partial charge on any atom is -0.315 e. The van der Waals surface area contributed by atoms with Crippen molar-refractivity contribution in [2.75, 3.05) is 19.6 Å². The number of hydrogen-bond acceptors (Lipinski definition) is 4. The summed E-state index contributed by atoms with van der Waals surface area (Å²) in [7, 11) is -3.66. The lowest BCUT2D eigenvalue weighted by Gasteiger charge is -2.26. The van der Waals surface area contributed by atoms with Gasteiger partial charge in [0.25, 0.3) is 0 Å². The molecular formula is C16H22ClFN4O2S. The lowest BCUT2D eigenvalue weighted by molar-refractivity contribution is 0.335. The van der Waals surface area contributed by atoms with E-state index in [1.54, 1.807) is 18.2 Å². The van der Waals surface area contributed by atoms with E-state index in [4.69, 9.17) is 0 Å². The highest BCUT2D eigenvalue weighted by Crippen LogP contribution is 2.22. The Balaban J connectivity index is 0.00000225. The van der Waals surface area contributed by atoms with Crippen LogP contribution in [0.25, 0.3) is 5.69 Å². The molecule has 1 fully saturated rings. The van der Waals surface area contributed by atoms with E-state index in [2.05, 4.69) is 10.4 Å². The van der Waals surface area contributed by atoms with Crippen molar-refractivity contribution < 1.29 is 12.8 Å². The number of nitrogens with one attached hydrogen (secondary N) is 1. The standard InChI is InChI=1S/C16H21FN4O2S.ClH/c1-2-9-21(13-7-8-18-10-13)24(22,23)14-11-19-20(12-14)16-6-4-3-5-15(16)17;/h3-6,11-13,18H,2,7-10H2,1H3;1H. The van der Waals surface area contributed by atoms with Crippen molar-refractivity contribution in [2.45, 2.75) is 30.7 Å². The largest absolute Gasteiger partial charge is 0.315 e. The average Bonchev–Trinajstić information content (AvgIpc) is 3.24. The number of aromatic nitrogens is 2. The number of nitrogens with zero attached hydrogens (tertiary/aromatic N) is 3. The number of rotatable bonds is 6. The van der Waals surface area contributed by atoms with Gasteiger partial charge in [-0.05, 0) is 31.5 Å². The second-order valence-electron chi connectivity index (χ2n) is 5.83. The Hall–Kier alpha value is -1.48. The predicted octanol–water partition coefficient (Wildman–Crippen LogP) is 2.20. The minimum absolute atomic E-state index is 0. The van der Waals surface area contributed by atoms with Crippen molar-refractivity contribution in [1.29, 1.82) is 0 Å². The minimum atomic E-state index is -3.66. The van der Waals surface area contributed by atoms with Crippen LogP contribution in [-0.2, 0) is 10.0 Å². The van der Waals surface area contributed by atoms with E-state index in [0.29, 0.717) is 13.1 Å². The summed E-state index contributed by atoms with van der Waals surface area (Å²) < 4.78 is 42.7. The maximum absolute atomic E-state index is 13.9. The first kappa shape index (κ1) is 19.8. The molecule has 1 atom stereocenters. The van der Waals surface area contributed by atoms with Crippen molar-refractivity contribution in [3.05, 3.63) is 42.5 Å². The smallest absolute Gasteiger partial charge is 0.246 e. The van der Waals surface area contributed by atoms with Crippen molar-refractivity contribution in [2.24, 2.45) is 0 Å². The van der Waals surface area contributed by atoms with Gasteiger partial charge in [0.05, 0.1) is 12.4 Å². The molecule has 1 aliphatic rings. The summed E-state index contributed by atoms with van der Waals surface area (Å²) >= 11 is 0. The summed E-state index contributed by atoms with van der Waals surface area (Å²) in [5.74, 6) is -0.449. The van der Waals surface area contributed by atoms with Crippen molar-refractivity contribution in [1.82, 2.24) is 19.4 Å². The Labute approximate surface area is 153 Å². The van der Waals surface area contributed by atoms with Gasteiger partial charge in [-0.3, -0.25) is 0 Å². The Kier molecular flexibility index (Phi) is 6.56. The van der Waals surface area contributed by atoms with Crippen LogP contribution in [0.5, 0.6) is 0 Å². The third kappa shape index (κ3) is 4.03. The zero-order valence-corrected chi connectivity index (χ0v) is 15.6. The molecule has 1 unspecified atom stereocenters. The number of sulfonamides is 1. The van der Waals surface area contributed by atoms with E-state index in [9.17, 15) is 12.8 Å². The molecule has 9 heteroatoms. The van der Waals surface area contributed by atoms with Crippen LogP contribution in [0.1, 0.15) is 19.8 Å². The Morgan fingerprint density at radius 1 is 1.40 bits per heavy atom. The van der Waals surface area contributed by atoms with Crippen LogP contribution < -0.4 is 5.32 Å². The normalized spacial score (nSPS) is 17.6. The highest BCUT2D eigenvalue weighted by molar-refractivity contribution is 7.89. The summed E-state index contributed by atoms with van der Waals surface area (Å²) in [5, 5.41) is 7.23. The maximum atomic E-state index is 13.9. The van der Waals surface area contributed by atoms with E-state index >= 15 is 0 Å². The molecule has 1 aliphatic heterocycles. The quantitative estimate of drug-likeness (QED) is 0.823. The molecule has 1 N–H and O–H groups in total. The van der Waals surface area contributed by atoms with Gasteiger partial charge < -0.3 is 5.32 Å². The van der Waals surface area contributed by atoms with Gasteiger partial charge in [0.15, 0.2) is 0 Å². The molecule has 0 aliphatic carbocycles. The Morgan fingerprint density at radius 2 is 2.16 bits per heavy atom. The molecule has 1 saturated heterocycles. The van der Waals surface area contributed by atoms with Crippen LogP contribution in [0.3, 0.4) is 0 Å². The topological polar surface area (TPSA) is 67.2 Å². The van der Waals surface area contributed by atoms with Crippen LogP contribution in [0.2, 0.25) is 0 Å². The maximum Gasteiger partial charge on any atom is 0.246 e. The first-order valence-corrected chi connectivity index (χ1v) is 9.50. The lowest BCUT2D eigenvalue weighted by atomic mass is 10.2. The molecule has 6 nitrogen and oxygen atoms in total. The first-order chi connectivity index (χ1) is 11.5. The Bertz CT molecular complexity index is 806. The van der Waals surface area contributed by atoms with Crippen LogP contribution in [0.4, 0.5) is 4.39 Å². The fourth-order valence-electron chi connectivity index (χ4n) is 2.95. The SMILES string of the molecule is CCCN(C1CCNC1)S(=O)(=O)c1cnn(-c2ccccc2F)c1.Cl. The molecule has 2 aromatic rings. The van der Waals surface area contributed by atoms with Gasteiger partial charge in [-0.2, -0.15) is 9.40 Å². The van der Waals surface area contributed by atoms with E-state index in [0.717, 1.165) is 19.4 Å². The molecule has 1 aromatic carbocycles. The van der Waals surface area contributed by atoms with Crippen molar-refractivity contribution >= 4 is 22.4 Å². The molecule has 0 bridgehead atoms. The molecule has 0 radical (unpaired) electrons. The summed E-state index contributed by atoms with van der Waals surface area (Å²) in [5.41, 5.74) is 0.225. The molecular weight excluding hydrogens is 367 g/mol.